The van der Waals surface area contributed by atoms with Crippen molar-refractivity contribution in [2.75, 3.05) is 7.05 Å². The van der Waals surface area contributed by atoms with E-state index in [4.69, 9.17) is 0 Å². The minimum absolute atomic E-state index is 0.191. The molecule has 2 rings (SSSR count). The van der Waals surface area contributed by atoms with Crippen molar-refractivity contribution < 1.29 is 0 Å². The van der Waals surface area contributed by atoms with Crippen molar-refractivity contribution in [1.29, 1.82) is 0 Å². The maximum absolute atomic E-state index is 3.50. The molecule has 1 aliphatic heterocycles. The van der Waals surface area contributed by atoms with E-state index in [0.717, 1.165) is 6.54 Å². The van der Waals surface area contributed by atoms with Crippen LogP contribution in [-0.4, -0.2) is 11.9 Å². The number of hydrogen-bond donors (Lipinski definition) is 0. The fraction of sp³-hybridized carbons (Fsp3) is 0.455. The molecule has 0 amide bonds. The van der Waals surface area contributed by atoms with E-state index in [9.17, 15) is 0 Å². The van der Waals surface area contributed by atoms with Gasteiger partial charge >= 0.3 is 0 Å². The lowest BCUT2D eigenvalue weighted by Crippen LogP contribution is -2.31. The minimum Gasteiger partial charge on any atom is -0.293 e. The summed E-state index contributed by atoms with van der Waals surface area (Å²) in [5.74, 6) is 0. The molecule has 0 spiro atoms. The van der Waals surface area contributed by atoms with Gasteiger partial charge in [-0.3, -0.25) is 4.90 Å². The third-order valence-electron chi connectivity index (χ3n) is 3.09. The van der Waals surface area contributed by atoms with Crippen molar-refractivity contribution in [1.82, 2.24) is 4.90 Å². The number of hydrogen-bond acceptors (Lipinski definition) is 1. The van der Waals surface area contributed by atoms with Gasteiger partial charge in [-0.1, -0.05) is 22.0 Å². The maximum atomic E-state index is 3.50. The zero-order valence-corrected chi connectivity index (χ0v) is 9.85. The van der Waals surface area contributed by atoms with Crippen LogP contribution in [0.15, 0.2) is 22.7 Å². The van der Waals surface area contributed by atoms with E-state index < -0.39 is 0 Å². The van der Waals surface area contributed by atoms with Crippen molar-refractivity contribution in [2.24, 2.45) is 0 Å². The molecule has 0 bridgehead atoms. The molecule has 1 aromatic rings. The van der Waals surface area contributed by atoms with Crippen LogP contribution in [0.2, 0.25) is 0 Å². The molecule has 0 aliphatic carbocycles. The molecule has 0 radical (unpaired) electrons. The summed E-state index contributed by atoms with van der Waals surface area (Å²) in [5.41, 5.74) is 3.09. The molecular weight excluding hydrogens is 226 g/mol. The SMILES string of the molecule is CN1Cc2cc(Br)ccc2C1(C)C. The zero-order chi connectivity index (χ0) is 9.64. The number of benzene rings is 1. The number of rotatable bonds is 0. The number of fused-ring (bicyclic) bond motifs is 1. The van der Waals surface area contributed by atoms with Gasteiger partial charge in [0.15, 0.2) is 0 Å². The van der Waals surface area contributed by atoms with E-state index in [1.807, 2.05) is 0 Å². The van der Waals surface area contributed by atoms with Crippen LogP contribution in [0, 0.1) is 0 Å². The van der Waals surface area contributed by atoms with Gasteiger partial charge in [-0.25, -0.2) is 0 Å². The quantitative estimate of drug-likeness (QED) is 0.673. The first-order chi connectivity index (χ1) is 6.01. The second kappa shape index (κ2) is 2.82. The van der Waals surface area contributed by atoms with Crippen LogP contribution < -0.4 is 0 Å². The highest BCUT2D eigenvalue weighted by Crippen LogP contribution is 2.38. The molecule has 0 unspecified atom stereocenters. The summed E-state index contributed by atoms with van der Waals surface area (Å²) in [7, 11) is 2.17. The monoisotopic (exact) mass is 239 g/mol. The standard InChI is InChI=1S/C11H14BrN/c1-11(2)10-5-4-9(12)6-8(10)7-13(11)3/h4-6H,7H2,1-3H3. The first-order valence-electron chi connectivity index (χ1n) is 4.52. The van der Waals surface area contributed by atoms with Gasteiger partial charge in [0.1, 0.15) is 0 Å². The van der Waals surface area contributed by atoms with Crippen molar-refractivity contribution in [3.63, 3.8) is 0 Å². The Morgan fingerprint density at radius 2 is 2.08 bits per heavy atom. The highest BCUT2D eigenvalue weighted by Gasteiger charge is 2.34. The van der Waals surface area contributed by atoms with Gasteiger partial charge in [0.25, 0.3) is 0 Å². The molecule has 0 saturated heterocycles. The zero-order valence-electron chi connectivity index (χ0n) is 8.26. The van der Waals surface area contributed by atoms with E-state index in [0.29, 0.717) is 0 Å². The maximum Gasteiger partial charge on any atom is 0.0408 e. The summed E-state index contributed by atoms with van der Waals surface area (Å²) in [6, 6.07) is 6.57. The van der Waals surface area contributed by atoms with Crippen LogP contribution in [0.3, 0.4) is 0 Å². The average molecular weight is 240 g/mol. The van der Waals surface area contributed by atoms with Gasteiger partial charge in [-0.15, -0.1) is 0 Å². The Labute approximate surface area is 87.9 Å². The molecule has 0 saturated carbocycles. The lowest BCUT2D eigenvalue weighted by atomic mass is 9.94. The molecule has 2 heteroatoms. The highest BCUT2D eigenvalue weighted by atomic mass is 79.9. The van der Waals surface area contributed by atoms with E-state index in [-0.39, 0.29) is 5.54 Å². The van der Waals surface area contributed by atoms with Crippen LogP contribution in [-0.2, 0) is 12.1 Å². The molecular formula is C11H14BrN. The van der Waals surface area contributed by atoms with E-state index in [2.05, 4.69) is 59.9 Å². The Morgan fingerprint density at radius 3 is 2.77 bits per heavy atom. The predicted octanol–water partition coefficient (Wildman–Crippen LogP) is 3.13. The van der Waals surface area contributed by atoms with Gasteiger partial charge in [-0.05, 0) is 44.2 Å². The third kappa shape index (κ3) is 1.32. The molecule has 70 valence electrons. The summed E-state index contributed by atoms with van der Waals surface area (Å²) in [6.07, 6.45) is 0. The Morgan fingerprint density at radius 1 is 1.38 bits per heavy atom. The Balaban J connectivity index is 2.55. The van der Waals surface area contributed by atoms with Crippen LogP contribution in [0.1, 0.15) is 25.0 Å². The normalized spacial score (nSPS) is 20.3. The molecule has 1 aromatic carbocycles. The van der Waals surface area contributed by atoms with E-state index in [1.165, 1.54) is 15.6 Å². The molecule has 0 aromatic heterocycles. The fourth-order valence-electron chi connectivity index (χ4n) is 1.95. The van der Waals surface area contributed by atoms with Gasteiger partial charge in [0.2, 0.25) is 0 Å². The number of nitrogens with zero attached hydrogens (tertiary/aromatic N) is 1. The van der Waals surface area contributed by atoms with Gasteiger partial charge in [0.05, 0.1) is 0 Å². The summed E-state index contributed by atoms with van der Waals surface area (Å²) >= 11 is 3.50. The van der Waals surface area contributed by atoms with Crippen LogP contribution >= 0.6 is 15.9 Å². The Kier molecular flexibility index (Phi) is 2.00. The molecule has 0 N–H and O–H groups in total. The summed E-state index contributed by atoms with van der Waals surface area (Å²) in [6.45, 7) is 5.60. The van der Waals surface area contributed by atoms with Crippen molar-refractivity contribution >= 4 is 15.9 Å². The average Bonchev–Trinajstić information content (AvgIpc) is 2.23. The van der Waals surface area contributed by atoms with E-state index in [1.54, 1.807) is 0 Å². The molecule has 1 aliphatic rings. The summed E-state index contributed by atoms with van der Waals surface area (Å²) in [5, 5.41) is 0. The lowest BCUT2D eigenvalue weighted by Gasteiger charge is -2.28. The van der Waals surface area contributed by atoms with Crippen LogP contribution in [0.4, 0.5) is 0 Å². The predicted molar refractivity (Wildman–Crippen MR) is 58.6 cm³/mol. The van der Waals surface area contributed by atoms with Crippen molar-refractivity contribution in [3.05, 3.63) is 33.8 Å². The van der Waals surface area contributed by atoms with Crippen LogP contribution in [0.5, 0.6) is 0 Å². The number of halogens is 1. The Hall–Kier alpha value is -0.340. The topological polar surface area (TPSA) is 3.24 Å². The smallest absolute Gasteiger partial charge is 0.0408 e. The van der Waals surface area contributed by atoms with Crippen molar-refractivity contribution in [2.45, 2.75) is 25.9 Å². The van der Waals surface area contributed by atoms with Crippen molar-refractivity contribution in [3.8, 4) is 0 Å². The molecule has 0 atom stereocenters. The second-order valence-corrected chi connectivity index (χ2v) is 5.13. The van der Waals surface area contributed by atoms with Crippen LogP contribution in [0.25, 0.3) is 0 Å². The largest absolute Gasteiger partial charge is 0.293 e. The second-order valence-electron chi connectivity index (χ2n) is 4.22. The fourth-order valence-corrected chi connectivity index (χ4v) is 2.36. The molecule has 13 heavy (non-hydrogen) atoms. The van der Waals surface area contributed by atoms with Gasteiger partial charge in [0, 0.05) is 16.6 Å². The summed E-state index contributed by atoms with van der Waals surface area (Å²) < 4.78 is 1.18. The van der Waals surface area contributed by atoms with E-state index >= 15 is 0 Å². The Bertz CT molecular complexity index is 344. The molecule has 0 fully saturated rings. The van der Waals surface area contributed by atoms with Gasteiger partial charge in [-0.2, -0.15) is 0 Å². The summed E-state index contributed by atoms with van der Waals surface area (Å²) in [4.78, 5) is 2.38. The first-order valence-corrected chi connectivity index (χ1v) is 5.31. The van der Waals surface area contributed by atoms with Gasteiger partial charge < -0.3 is 0 Å². The minimum atomic E-state index is 0.191. The first kappa shape index (κ1) is 9.22. The highest BCUT2D eigenvalue weighted by molar-refractivity contribution is 9.10. The molecule has 1 nitrogen and oxygen atoms in total. The lowest BCUT2D eigenvalue weighted by molar-refractivity contribution is 0.178. The third-order valence-corrected chi connectivity index (χ3v) is 3.58. The molecule has 1 heterocycles.